The van der Waals surface area contributed by atoms with E-state index in [-0.39, 0.29) is 5.82 Å². The summed E-state index contributed by atoms with van der Waals surface area (Å²) in [5.41, 5.74) is 1.62. The van der Waals surface area contributed by atoms with Gasteiger partial charge in [0.05, 0.1) is 5.69 Å². The molecule has 0 radical (unpaired) electrons. The zero-order valence-corrected chi connectivity index (χ0v) is 9.65. The average molecular weight is 246 g/mol. The van der Waals surface area contributed by atoms with Crippen LogP contribution in [-0.2, 0) is 6.42 Å². The van der Waals surface area contributed by atoms with Gasteiger partial charge in [-0.3, -0.25) is 0 Å². The first-order chi connectivity index (χ1) is 6.06. The van der Waals surface area contributed by atoms with Gasteiger partial charge in [-0.25, -0.2) is 4.39 Å². The largest absolute Gasteiger partial charge is 0.374 e. The first-order valence-corrected chi connectivity index (χ1v) is 5.00. The van der Waals surface area contributed by atoms with Gasteiger partial charge < -0.3 is 4.90 Å². The molecule has 3 heteroatoms. The Kier molecular flexibility index (Phi) is 3.31. The Hall–Kier alpha value is -0.570. The molecule has 0 unspecified atom stereocenters. The highest BCUT2D eigenvalue weighted by Gasteiger charge is 2.09. The number of hydrogen-bond donors (Lipinski definition) is 0. The van der Waals surface area contributed by atoms with E-state index in [0.717, 1.165) is 16.5 Å². The summed E-state index contributed by atoms with van der Waals surface area (Å²) in [6.45, 7) is 2.01. The Morgan fingerprint density at radius 3 is 2.38 bits per heavy atom. The lowest BCUT2D eigenvalue weighted by molar-refractivity contribution is 0.623. The van der Waals surface area contributed by atoms with Crippen molar-refractivity contribution in [2.24, 2.45) is 0 Å². The summed E-state index contributed by atoms with van der Waals surface area (Å²) in [4.78, 5) is 1.76. The molecule has 1 rings (SSSR count). The quantitative estimate of drug-likeness (QED) is 0.774. The van der Waals surface area contributed by atoms with Gasteiger partial charge >= 0.3 is 0 Å². The van der Waals surface area contributed by atoms with E-state index in [2.05, 4.69) is 15.9 Å². The Morgan fingerprint density at radius 1 is 1.38 bits per heavy atom. The molecular weight excluding hydrogens is 233 g/mol. The molecular formula is C10H13BrFN. The predicted octanol–water partition coefficient (Wildman–Crippen LogP) is 3.22. The van der Waals surface area contributed by atoms with E-state index >= 15 is 0 Å². The summed E-state index contributed by atoms with van der Waals surface area (Å²) in [5.74, 6) is -0.170. The molecule has 0 fully saturated rings. The van der Waals surface area contributed by atoms with Crippen molar-refractivity contribution in [3.05, 3.63) is 28.0 Å². The smallest absolute Gasteiger partial charge is 0.147 e. The molecule has 13 heavy (non-hydrogen) atoms. The molecule has 0 spiro atoms. The van der Waals surface area contributed by atoms with Crippen LogP contribution in [0.3, 0.4) is 0 Å². The lowest BCUT2D eigenvalue weighted by atomic mass is 10.1. The zero-order chi connectivity index (χ0) is 10.0. The Balaban J connectivity index is 3.23. The van der Waals surface area contributed by atoms with Gasteiger partial charge in [-0.15, -0.1) is 0 Å². The number of anilines is 1. The molecule has 0 saturated heterocycles. The van der Waals surface area contributed by atoms with E-state index in [1.165, 1.54) is 0 Å². The normalized spacial score (nSPS) is 10.2. The van der Waals surface area contributed by atoms with E-state index in [1.54, 1.807) is 11.0 Å². The highest BCUT2D eigenvalue weighted by molar-refractivity contribution is 9.10. The first-order valence-electron chi connectivity index (χ1n) is 4.21. The van der Waals surface area contributed by atoms with Crippen molar-refractivity contribution in [1.29, 1.82) is 0 Å². The van der Waals surface area contributed by atoms with E-state index in [9.17, 15) is 4.39 Å². The van der Waals surface area contributed by atoms with E-state index in [0.29, 0.717) is 5.69 Å². The van der Waals surface area contributed by atoms with Gasteiger partial charge in [0, 0.05) is 18.6 Å². The molecule has 0 aliphatic rings. The first kappa shape index (κ1) is 10.5. The highest BCUT2D eigenvalue weighted by Crippen LogP contribution is 2.29. The summed E-state index contributed by atoms with van der Waals surface area (Å²) >= 11 is 3.36. The molecule has 0 amide bonds. The minimum atomic E-state index is -0.170. The van der Waals surface area contributed by atoms with Crippen LogP contribution in [0.25, 0.3) is 0 Å². The van der Waals surface area contributed by atoms with Crippen LogP contribution in [-0.4, -0.2) is 14.1 Å². The third-order valence-corrected chi connectivity index (χ3v) is 2.54. The maximum absolute atomic E-state index is 13.5. The maximum atomic E-state index is 13.5. The van der Waals surface area contributed by atoms with Crippen molar-refractivity contribution in [3.63, 3.8) is 0 Å². The fourth-order valence-electron chi connectivity index (χ4n) is 1.25. The summed E-state index contributed by atoms with van der Waals surface area (Å²) in [6, 6.07) is 3.54. The number of aryl methyl sites for hydroxylation is 1. The fourth-order valence-corrected chi connectivity index (χ4v) is 2.09. The summed E-state index contributed by atoms with van der Waals surface area (Å²) in [7, 11) is 3.66. The van der Waals surface area contributed by atoms with Crippen LogP contribution in [0, 0.1) is 5.82 Å². The minimum Gasteiger partial charge on any atom is -0.374 e. The van der Waals surface area contributed by atoms with Crippen LogP contribution in [0.1, 0.15) is 12.5 Å². The summed E-state index contributed by atoms with van der Waals surface area (Å²) < 4.78 is 14.3. The molecule has 0 aliphatic heterocycles. The topological polar surface area (TPSA) is 3.24 Å². The van der Waals surface area contributed by atoms with Gasteiger partial charge in [0.1, 0.15) is 5.82 Å². The van der Waals surface area contributed by atoms with Crippen molar-refractivity contribution < 1.29 is 4.39 Å². The monoisotopic (exact) mass is 245 g/mol. The van der Waals surface area contributed by atoms with E-state index in [4.69, 9.17) is 0 Å². The molecule has 1 aromatic rings. The number of halogens is 2. The van der Waals surface area contributed by atoms with Crippen LogP contribution in [0.15, 0.2) is 16.6 Å². The van der Waals surface area contributed by atoms with Crippen molar-refractivity contribution in [3.8, 4) is 0 Å². The second-order valence-corrected chi connectivity index (χ2v) is 4.01. The van der Waals surface area contributed by atoms with Gasteiger partial charge in [0.15, 0.2) is 0 Å². The van der Waals surface area contributed by atoms with Gasteiger partial charge in [-0.2, -0.15) is 0 Å². The molecule has 0 heterocycles. The highest BCUT2D eigenvalue weighted by atomic mass is 79.9. The van der Waals surface area contributed by atoms with Gasteiger partial charge in [-0.05, 0) is 40.0 Å². The van der Waals surface area contributed by atoms with Crippen molar-refractivity contribution in [2.45, 2.75) is 13.3 Å². The summed E-state index contributed by atoms with van der Waals surface area (Å²) in [5, 5.41) is 0. The summed E-state index contributed by atoms with van der Waals surface area (Å²) in [6.07, 6.45) is 0.850. The van der Waals surface area contributed by atoms with Gasteiger partial charge in [0.2, 0.25) is 0 Å². The van der Waals surface area contributed by atoms with Crippen LogP contribution < -0.4 is 4.90 Å². The number of rotatable bonds is 2. The molecule has 0 aromatic heterocycles. The lowest BCUT2D eigenvalue weighted by Crippen LogP contribution is -2.11. The molecule has 0 atom stereocenters. The molecule has 72 valence electrons. The molecule has 0 bridgehead atoms. The van der Waals surface area contributed by atoms with Crippen LogP contribution in [0.5, 0.6) is 0 Å². The molecule has 1 nitrogen and oxygen atoms in total. The van der Waals surface area contributed by atoms with Gasteiger partial charge in [0.25, 0.3) is 0 Å². The lowest BCUT2D eigenvalue weighted by Gasteiger charge is -2.16. The average Bonchev–Trinajstić information content (AvgIpc) is 2.02. The zero-order valence-electron chi connectivity index (χ0n) is 8.06. The van der Waals surface area contributed by atoms with Crippen LogP contribution in [0.4, 0.5) is 10.1 Å². The van der Waals surface area contributed by atoms with E-state index in [1.807, 2.05) is 27.1 Å². The number of benzene rings is 1. The molecule has 0 saturated carbocycles. The second-order valence-electron chi connectivity index (χ2n) is 3.16. The Labute approximate surface area is 86.7 Å². The minimum absolute atomic E-state index is 0.170. The third-order valence-electron chi connectivity index (χ3n) is 1.93. The van der Waals surface area contributed by atoms with Gasteiger partial charge in [-0.1, -0.05) is 6.92 Å². The second kappa shape index (κ2) is 4.09. The maximum Gasteiger partial charge on any atom is 0.147 e. The molecule has 0 aliphatic carbocycles. The molecule has 0 N–H and O–H groups in total. The van der Waals surface area contributed by atoms with Crippen molar-refractivity contribution in [1.82, 2.24) is 0 Å². The van der Waals surface area contributed by atoms with Crippen molar-refractivity contribution in [2.75, 3.05) is 19.0 Å². The predicted molar refractivity (Wildman–Crippen MR) is 57.8 cm³/mol. The van der Waals surface area contributed by atoms with Crippen molar-refractivity contribution >= 4 is 21.6 Å². The van der Waals surface area contributed by atoms with Crippen LogP contribution >= 0.6 is 15.9 Å². The Morgan fingerprint density at radius 2 is 2.00 bits per heavy atom. The Bertz CT molecular complexity index is 287. The SMILES string of the molecule is CCc1cc(F)c(N(C)C)c(Br)c1. The number of nitrogens with zero attached hydrogens (tertiary/aromatic N) is 1. The number of hydrogen-bond acceptors (Lipinski definition) is 1. The molecule has 1 aromatic carbocycles. The van der Waals surface area contributed by atoms with E-state index < -0.39 is 0 Å². The third kappa shape index (κ3) is 2.21. The fraction of sp³-hybridized carbons (Fsp3) is 0.400. The van der Waals surface area contributed by atoms with Crippen LogP contribution in [0.2, 0.25) is 0 Å². The standard InChI is InChI=1S/C10H13BrFN/c1-4-7-5-8(11)10(13(2)3)9(12)6-7/h5-6H,4H2,1-3H3.